The van der Waals surface area contributed by atoms with E-state index in [1.165, 1.54) is 0 Å². The monoisotopic (exact) mass is 296 g/mol. The molecule has 0 saturated carbocycles. The van der Waals surface area contributed by atoms with Crippen molar-refractivity contribution < 1.29 is 19.4 Å². The molecule has 21 heavy (non-hydrogen) atoms. The van der Waals surface area contributed by atoms with E-state index in [1.54, 1.807) is 14.2 Å². The third kappa shape index (κ3) is 4.44. The molecular weight excluding hydrogens is 272 g/mol. The van der Waals surface area contributed by atoms with Crippen LogP contribution in [0.1, 0.15) is 26.7 Å². The van der Waals surface area contributed by atoms with E-state index < -0.39 is 0 Å². The molecule has 0 radical (unpaired) electrons. The van der Waals surface area contributed by atoms with Gasteiger partial charge in [-0.15, -0.1) is 0 Å². The summed E-state index contributed by atoms with van der Waals surface area (Å²) in [5.74, 6) is 2.07. The molecule has 0 heterocycles. The van der Waals surface area contributed by atoms with Crippen LogP contribution in [0, 0.1) is 5.41 Å². The summed E-state index contributed by atoms with van der Waals surface area (Å²) in [5, 5.41) is 11.8. The van der Waals surface area contributed by atoms with Gasteiger partial charge in [0.1, 0.15) is 5.84 Å². The molecule has 6 heteroatoms. The van der Waals surface area contributed by atoms with Crippen LogP contribution < -0.4 is 19.9 Å². The minimum Gasteiger partial charge on any atom is -0.493 e. The number of amidine groups is 1. The number of oxime groups is 1. The van der Waals surface area contributed by atoms with Gasteiger partial charge >= 0.3 is 0 Å². The molecule has 118 valence electrons. The highest BCUT2D eigenvalue weighted by Crippen LogP contribution is 2.37. The molecule has 0 aromatic heterocycles. The fourth-order valence-electron chi connectivity index (χ4n) is 1.91. The van der Waals surface area contributed by atoms with Crippen molar-refractivity contribution in [3.63, 3.8) is 0 Å². The van der Waals surface area contributed by atoms with Gasteiger partial charge in [0.2, 0.25) is 5.75 Å². The van der Waals surface area contributed by atoms with Crippen molar-refractivity contribution in [3.05, 3.63) is 18.2 Å². The largest absolute Gasteiger partial charge is 0.493 e. The van der Waals surface area contributed by atoms with Crippen LogP contribution in [0.4, 0.5) is 0 Å². The highest BCUT2D eigenvalue weighted by molar-refractivity contribution is 5.85. The number of benzene rings is 1. The van der Waals surface area contributed by atoms with E-state index in [0.29, 0.717) is 23.9 Å². The molecule has 0 aliphatic rings. The zero-order chi connectivity index (χ0) is 15.9. The van der Waals surface area contributed by atoms with Crippen molar-refractivity contribution in [3.8, 4) is 17.2 Å². The zero-order valence-corrected chi connectivity index (χ0v) is 13.0. The van der Waals surface area contributed by atoms with E-state index in [0.717, 1.165) is 12.8 Å². The fraction of sp³-hybridized carbons (Fsp3) is 0.533. The molecule has 0 spiro atoms. The number of nitrogens with zero attached hydrogens (tertiary/aromatic N) is 1. The van der Waals surface area contributed by atoms with Crippen LogP contribution in [-0.4, -0.2) is 31.9 Å². The average molecular weight is 296 g/mol. The molecule has 0 aliphatic carbocycles. The van der Waals surface area contributed by atoms with E-state index in [1.807, 2.05) is 32.0 Å². The quantitative estimate of drug-likeness (QED) is 0.253. The molecule has 0 amide bonds. The van der Waals surface area contributed by atoms with Crippen molar-refractivity contribution in [1.29, 1.82) is 0 Å². The van der Waals surface area contributed by atoms with E-state index >= 15 is 0 Å². The first-order valence-electron chi connectivity index (χ1n) is 6.78. The molecule has 0 aliphatic heterocycles. The van der Waals surface area contributed by atoms with Gasteiger partial charge in [0.15, 0.2) is 11.5 Å². The van der Waals surface area contributed by atoms with E-state index in [-0.39, 0.29) is 11.3 Å². The van der Waals surface area contributed by atoms with Crippen LogP contribution in [0.5, 0.6) is 17.2 Å². The van der Waals surface area contributed by atoms with Gasteiger partial charge < -0.3 is 25.2 Å². The lowest BCUT2D eigenvalue weighted by molar-refractivity contribution is 0.254. The van der Waals surface area contributed by atoms with Crippen LogP contribution in [0.2, 0.25) is 0 Å². The molecule has 1 rings (SSSR count). The van der Waals surface area contributed by atoms with Gasteiger partial charge in [0.05, 0.1) is 20.8 Å². The number of ether oxygens (including phenoxy) is 3. The molecule has 3 N–H and O–H groups in total. The number of hydrogen-bond acceptors (Lipinski definition) is 5. The molecule has 1 aromatic rings. The van der Waals surface area contributed by atoms with Gasteiger partial charge in [-0.05, 0) is 25.0 Å². The molecule has 0 bridgehead atoms. The third-order valence-electron chi connectivity index (χ3n) is 3.38. The van der Waals surface area contributed by atoms with Gasteiger partial charge in [-0.25, -0.2) is 0 Å². The lowest BCUT2D eigenvalue weighted by Gasteiger charge is -2.22. The maximum atomic E-state index is 8.74. The summed E-state index contributed by atoms with van der Waals surface area (Å²) in [7, 11) is 3.17. The van der Waals surface area contributed by atoms with Crippen molar-refractivity contribution in [2.45, 2.75) is 26.7 Å². The summed E-state index contributed by atoms with van der Waals surface area (Å²) in [4.78, 5) is 0. The first-order chi connectivity index (χ1) is 9.96. The maximum Gasteiger partial charge on any atom is 0.203 e. The Morgan fingerprint density at radius 2 is 1.81 bits per heavy atom. The van der Waals surface area contributed by atoms with Crippen LogP contribution in [0.3, 0.4) is 0 Å². The SMILES string of the molecule is COc1cccc(OC)c1OCCCC(C)(C)C(N)=NO. The van der Waals surface area contributed by atoms with Crippen molar-refractivity contribution >= 4 is 5.84 Å². The normalized spacial score (nSPS) is 12.1. The average Bonchev–Trinajstić information content (AvgIpc) is 2.50. The molecule has 0 saturated heterocycles. The Bertz CT molecular complexity index is 464. The fourth-order valence-corrected chi connectivity index (χ4v) is 1.91. The Hall–Kier alpha value is -2.11. The topological polar surface area (TPSA) is 86.3 Å². The summed E-state index contributed by atoms with van der Waals surface area (Å²) in [6.45, 7) is 4.33. The van der Waals surface area contributed by atoms with Crippen molar-refractivity contribution in [2.24, 2.45) is 16.3 Å². The molecule has 0 unspecified atom stereocenters. The first-order valence-corrected chi connectivity index (χ1v) is 6.78. The molecule has 0 atom stereocenters. The zero-order valence-electron chi connectivity index (χ0n) is 13.0. The third-order valence-corrected chi connectivity index (χ3v) is 3.38. The van der Waals surface area contributed by atoms with Crippen LogP contribution in [0.15, 0.2) is 23.4 Å². The highest BCUT2D eigenvalue weighted by atomic mass is 16.5. The van der Waals surface area contributed by atoms with Gasteiger partial charge in [0, 0.05) is 5.41 Å². The molecule has 0 fully saturated rings. The highest BCUT2D eigenvalue weighted by Gasteiger charge is 2.23. The summed E-state index contributed by atoms with van der Waals surface area (Å²) in [6.07, 6.45) is 1.49. The van der Waals surface area contributed by atoms with E-state index in [9.17, 15) is 0 Å². The first kappa shape index (κ1) is 16.9. The van der Waals surface area contributed by atoms with Crippen LogP contribution in [-0.2, 0) is 0 Å². The predicted octanol–water partition coefficient (Wildman–Crippen LogP) is 2.64. The summed E-state index contributed by atoms with van der Waals surface area (Å²) < 4.78 is 16.3. The minimum atomic E-state index is -0.372. The number of para-hydroxylation sites is 1. The smallest absolute Gasteiger partial charge is 0.203 e. The van der Waals surface area contributed by atoms with Gasteiger partial charge in [-0.1, -0.05) is 25.1 Å². The number of nitrogens with two attached hydrogens (primary N) is 1. The van der Waals surface area contributed by atoms with Crippen LogP contribution in [0.25, 0.3) is 0 Å². The second-order valence-electron chi connectivity index (χ2n) is 5.31. The number of methoxy groups -OCH3 is 2. The van der Waals surface area contributed by atoms with Gasteiger partial charge in [-0.3, -0.25) is 0 Å². The molecule has 6 nitrogen and oxygen atoms in total. The molecular formula is C15H24N2O4. The van der Waals surface area contributed by atoms with E-state index in [4.69, 9.17) is 25.2 Å². The second kappa shape index (κ2) is 7.61. The maximum absolute atomic E-state index is 8.74. The Labute approximate surface area is 125 Å². The van der Waals surface area contributed by atoms with E-state index in [2.05, 4.69) is 5.16 Å². The standard InChI is InChI=1S/C15H24N2O4/c1-15(2,14(16)17-18)9-6-10-21-13-11(19-3)7-5-8-12(13)20-4/h5,7-8,18H,6,9-10H2,1-4H3,(H2,16,17). The number of hydrogen-bond donors (Lipinski definition) is 2. The van der Waals surface area contributed by atoms with Crippen molar-refractivity contribution in [1.82, 2.24) is 0 Å². The molecule has 1 aromatic carbocycles. The summed E-state index contributed by atoms with van der Waals surface area (Å²) in [6, 6.07) is 5.47. The van der Waals surface area contributed by atoms with Crippen LogP contribution >= 0.6 is 0 Å². The number of rotatable bonds is 8. The summed E-state index contributed by atoms with van der Waals surface area (Å²) >= 11 is 0. The second-order valence-corrected chi connectivity index (χ2v) is 5.31. The van der Waals surface area contributed by atoms with Gasteiger partial charge in [0.25, 0.3) is 0 Å². The lowest BCUT2D eigenvalue weighted by Crippen LogP contribution is -2.32. The minimum absolute atomic E-state index is 0.220. The van der Waals surface area contributed by atoms with Crippen molar-refractivity contribution in [2.75, 3.05) is 20.8 Å². The Kier molecular flexibility index (Phi) is 6.14. The predicted molar refractivity (Wildman–Crippen MR) is 81.5 cm³/mol. The summed E-state index contributed by atoms with van der Waals surface area (Å²) in [5.41, 5.74) is 5.28. The lowest BCUT2D eigenvalue weighted by atomic mass is 9.87. The Balaban J connectivity index is 2.61. The van der Waals surface area contributed by atoms with Gasteiger partial charge in [-0.2, -0.15) is 0 Å². The Morgan fingerprint density at radius 1 is 1.24 bits per heavy atom. The Morgan fingerprint density at radius 3 is 2.29 bits per heavy atom.